The van der Waals surface area contributed by atoms with Crippen LogP contribution in [0.4, 0.5) is 10.1 Å². The van der Waals surface area contributed by atoms with Gasteiger partial charge in [0, 0.05) is 17.8 Å². The van der Waals surface area contributed by atoms with Gasteiger partial charge in [-0.15, -0.1) is 0 Å². The van der Waals surface area contributed by atoms with Crippen molar-refractivity contribution in [1.29, 1.82) is 0 Å². The van der Waals surface area contributed by atoms with Crippen LogP contribution in [0, 0.1) is 5.82 Å². The van der Waals surface area contributed by atoms with E-state index in [2.05, 4.69) is 5.32 Å². The summed E-state index contributed by atoms with van der Waals surface area (Å²) < 4.78 is 20.3. The maximum absolute atomic E-state index is 13.6. The lowest BCUT2D eigenvalue weighted by atomic mass is 10.2. The summed E-state index contributed by atoms with van der Waals surface area (Å²) in [6.45, 7) is 3.76. The monoisotopic (exact) mass is 314 g/mol. The number of fused-ring (bicyclic) bond motifs is 1. The highest BCUT2D eigenvalue weighted by Crippen LogP contribution is 2.21. The number of amides is 1. The van der Waals surface area contributed by atoms with Gasteiger partial charge in [0.15, 0.2) is 5.58 Å². The standard InChI is InChI=1S/C17H15FN2O3/c1-10(2)20-14-8-7-11(9-15(14)23-17(20)22)19-16(21)12-5-3-4-6-13(12)18/h3-10H,1-2H3,(H,19,21). The zero-order valence-electron chi connectivity index (χ0n) is 12.7. The molecule has 0 radical (unpaired) electrons. The third-order valence-corrected chi connectivity index (χ3v) is 3.51. The molecule has 1 N–H and O–H groups in total. The van der Waals surface area contributed by atoms with Crippen molar-refractivity contribution < 1.29 is 13.6 Å². The lowest BCUT2D eigenvalue weighted by Crippen LogP contribution is -2.16. The number of benzene rings is 2. The number of rotatable bonds is 3. The fourth-order valence-corrected chi connectivity index (χ4v) is 2.45. The molecule has 3 aromatic rings. The van der Waals surface area contributed by atoms with Crippen LogP contribution in [0.2, 0.25) is 0 Å². The van der Waals surface area contributed by atoms with Gasteiger partial charge >= 0.3 is 5.76 Å². The molecule has 0 atom stereocenters. The quantitative estimate of drug-likeness (QED) is 0.804. The van der Waals surface area contributed by atoms with E-state index in [1.807, 2.05) is 13.8 Å². The Balaban J connectivity index is 1.94. The highest BCUT2D eigenvalue weighted by Gasteiger charge is 2.14. The van der Waals surface area contributed by atoms with Crippen molar-refractivity contribution in [2.75, 3.05) is 5.32 Å². The van der Waals surface area contributed by atoms with Gasteiger partial charge in [-0.05, 0) is 38.1 Å². The molecule has 23 heavy (non-hydrogen) atoms. The van der Waals surface area contributed by atoms with Gasteiger partial charge in [-0.1, -0.05) is 12.1 Å². The Hall–Kier alpha value is -2.89. The van der Waals surface area contributed by atoms with Crippen molar-refractivity contribution in [2.24, 2.45) is 0 Å². The first-order valence-electron chi connectivity index (χ1n) is 7.18. The van der Waals surface area contributed by atoms with Crippen LogP contribution >= 0.6 is 0 Å². The molecule has 0 aliphatic carbocycles. The normalized spacial score (nSPS) is 11.1. The van der Waals surface area contributed by atoms with E-state index in [0.717, 1.165) is 0 Å². The van der Waals surface area contributed by atoms with Crippen molar-refractivity contribution >= 4 is 22.7 Å². The van der Waals surface area contributed by atoms with E-state index in [4.69, 9.17) is 4.42 Å². The summed E-state index contributed by atoms with van der Waals surface area (Å²) in [5.41, 5.74) is 1.40. The molecular weight excluding hydrogens is 299 g/mol. The van der Waals surface area contributed by atoms with Crippen LogP contribution in [-0.2, 0) is 0 Å². The molecule has 5 nitrogen and oxygen atoms in total. The largest absolute Gasteiger partial charge is 0.420 e. The van der Waals surface area contributed by atoms with Crippen LogP contribution in [-0.4, -0.2) is 10.5 Å². The zero-order chi connectivity index (χ0) is 16.6. The number of oxazole rings is 1. The molecule has 0 aliphatic heterocycles. The third kappa shape index (κ3) is 2.75. The predicted molar refractivity (Wildman–Crippen MR) is 85.2 cm³/mol. The molecular formula is C17H15FN2O3. The Morgan fingerprint density at radius 2 is 1.96 bits per heavy atom. The Morgan fingerprint density at radius 3 is 2.65 bits per heavy atom. The second kappa shape index (κ2) is 5.72. The predicted octanol–water partition coefficient (Wildman–Crippen LogP) is 3.57. The van der Waals surface area contributed by atoms with E-state index in [1.54, 1.807) is 24.3 Å². The number of nitrogens with zero attached hydrogens (tertiary/aromatic N) is 1. The number of aromatic nitrogens is 1. The molecule has 3 rings (SSSR count). The summed E-state index contributed by atoms with van der Waals surface area (Å²) in [6.07, 6.45) is 0. The van der Waals surface area contributed by atoms with Crippen molar-refractivity contribution in [3.63, 3.8) is 0 Å². The lowest BCUT2D eigenvalue weighted by Gasteiger charge is -2.07. The minimum absolute atomic E-state index is 0.0393. The van der Waals surface area contributed by atoms with Crippen molar-refractivity contribution in [1.82, 2.24) is 4.57 Å². The number of anilines is 1. The molecule has 0 fully saturated rings. The first-order valence-corrected chi connectivity index (χ1v) is 7.18. The highest BCUT2D eigenvalue weighted by molar-refractivity contribution is 6.05. The van der Waals surface area contributed by atoms with Gasteiger partial charge in [-0.25, -0.2) is 9.18 Å². The SMILES string of the molecule is CC(C)n1c(=O)oc2cc(NC(=O)c3ccccc3F)ccc21. The number of carbonyl (C=O) groups is 1. The summed E-state index contributed by atoms with van der Waals surface area (Å²) in [5.74, 6) is -1.61. The maximum atomic E-state index is 13.6. The van der Waals surface area contributed by atoms with Crippen LogP contribution in [0.5, 0.6) is 0 Å². The van der Waals surface area contributed by atoms with E-state index >= 15 is 0 Å². The summed E-state index contributed by atoms with van der Waals surface area (Å²) in [7, 11) is 0. The first-order chi connectivity index (χ1) is 11.0. The van der Waals surface area contributed by atoms with Crippen molar-refractivity contribution in [2.45, 2.75) is 19.9 Å². The van der Waals surface area contributed by atoms with E-state index < -0.39 is 17.5 Å². The Labute approximate surface area is 131 Å². The Morgan fingerprint density at radius 1 is 1.22 bits per heavy atom. The minimum atomic E-state index is -0.594. The average molecular weight is 314 g/mol. The molecule has 6 heteroatoms. The van der Waals surface area contributed by atoms with Gasteiger partial charge in [-0.2, -0.15) is 0 Å². The van der Waals surface area contributed by atoms with E-state index in [0.29, 0.717) is 16.8 Å². The smallest absolute Gasteiger partial charge is 0.408 e. The third-order valence-electron chi connectivity index (χ3n) is 3.51. The number of carbonyl (C=O) groups excluding carboxylic acids is 1. The number of hydrogen-bond donors (Lipinski definition) is 1. The van der Waals surface area contributed by atoms with Crippen molar-refractivity contribution in [3.8, 4) is 0 Å². The molecule has 0 unspecified atom stereocenters. The molecule has 0 saturated heterocycles. The van der Waals surface area contributed by atoms with Crippen molar-refractivity contribution in [3.05, 3.63) is 64.4 Å². The van der Waals surface area contributed by atoms with Gasteiger partial charge < -0.3 is 9.73 Å². The van der Waals surface area contributed by atoms with E-state index in [-0.39, 0.29) is 11.6 Å². The topological polar surface area (TPSA) is 64.2 Å². The van der Waals surface area contributed by atoms with E-state index in [9.17, 15) is 14.0 Å². The van der Waals surface area contributed by atoms with Gasteiger partial charge in [0.05, 0.1) is 11.1 Å². The molecule has 2 aromatic carbocycles. The lowest BCUT2D eigenvalue weighted by molar-refractivity contribution is 0.102. The number of nitrogens with one attached hydrogen (secondary N) is 1. The molecule has 1 amide bonds. The first kappa shape index (κ1) is 15.0. The molecule has 0 bridgehead atoms. The second-order valence-electron chi connectivity index (χ2n) is 5.45. The van der Waals surface area contributed by atoms with Gasteiger partial charge in [-0.3, -0.25) is 9.36 Å². The summed E-state index contributed by atoms with van der Waals surface area (Å²) in [6, 6.07) is 10.6. The van der Waals surface area contributed by atoms with Crippen LogP contribution in [0.3, 0.4) is 0 Å². The maximum Gasteiger partial charge on any atom is 0.420 e. The molecule has 118 valence electrons. The molecule has 0 spiro atoms. The molecule has 1 aromatic heterocycles. The number of hydrogen-bond acceptors (Lipinski definition) is 3. The van der Waals surface area contributed by atoms with Gasteiger partial charge in [0.25, 0.3) is 5.91 Å². The second-order valence-corrected chi connectivity index (χ2v) is 5.45. The average Bonchev–Trinajstić information content (AvgIpc) is 2.82. The van der Waals surface area contributed by atoms with Crippen LogP contribution in [0.1, 0.15) is 30.2 Å². The van der Waals surface area contributed by atoms with Crippen LogP contribution in [0.25, 0.3) is 11.1 Å². The minimum Gasteiger partial charge on any atom is -0.408 e. The molecule has 1 heterocycles. The number of halogens is 1. The van der Waals surface area contributed by atoms with Gasteiger partial charge in [0.2, 0.25) is 0 Å². The fourth-order valence-electron chi connectivity index (χ4n) is 2.45. The Kier molecular flexibility index (Phi) is 3.73. The molecule has 0 aliphatic rings. The summed E-state index contributed by atoms with van der Waals surface area (Å²) in [4.78, 5) is 23.9. The van der Waals surface area contributed by atoms with Crippen LogP contribution in [0.15, 0.2) is 51.7 Å². The summed E-state index contributed by atoms with van der Waals surface area (Å²) >= 11 is 0. The summed E-state index contributed by atoms with van der Waals surface area (Å²) in [5, 5.41) is 2.60. The highest BCUT2D eigenvalue weighted by atomic mass is 19.1. The molecule has 0 saturated carbocycles. The van der Waals surface area contributed by atoms with Crippen LogP contribution < -0.4 is 11.1 Å². The van der Waals surface area contributed by atoms with Gasteiger partial charge in [0.1, 0.15) is 5.82 Å². The zero-order valence-corrected chi connectivity index (χ0v) is 12.7. The Bertz CT molecular complexity index is 940. The van der Waals surface area contributed by atoms with E-state index in [1.165, 1.54) is 22.8 Å². The fraction of sp³-hybridized carbons (Fsp3) is 0.176.